The largest absolute Gasteiger partial charge is 0.338 e. The van der Waals surface area contributed by atoms with Gasteiger partial charge in [0.2, 0.25) is 0 Å². The highest BCUT2D eigenvalue weighted by atomic mass is 127. The number of nitrogens with one attached hydrogen (secondary N) is 1. The normalized spacial score (nSPS) is 28.4. The number of carbonyl (C=O) groups is 1. The summed E-state index contributed by atoms with van der Waals surface area (Å²) >= 11 is 3.90. The van der Waals surface area contributed by atoms with Gasteiger partial charge in [0.15, 0.2) is 0 Å². The highest BCUT2D eigenvalue weighted by molar-refractivity contribution is 14.1. The Morgan fingerprint density at radius 3 is 2.69 bits per heavy atom. The molecule has 0 spiro atoms. The molecular formula is C11H13IN2OS. The third-order valence-corrected chi connectivity index (χ3v) is 5.28. The molecule has 0 unspecified atom stereocenters. The predicted octanol–water partition coefficient (Wildman–Crippen LogP) is 1.64. The molecule has 0 aliphatic carbocycles. The number of likely N-dealkylation sites (tertiary alicyclic amines) is 1. The number of halogens is 1. The van der Waals surface area contributed by atoms with Gasteiger partial charge in [0.05, 0.1) is 8.45 Å². The van der Waals surface area contributed by atoms with Crippen LogP contribution in [0.1, 0.15) is 10.4 Å². The van der Waals surface area contributed by atoms with E-state index in [2.05, 4.69) is 27.9 Å². The van der Waals surface area contributed by atoms with Crippen molar-refractivity contribution in [1.82, 2.24) is 10.2 Å². The van der Waals surface area contributed by atoms with E-state index in [1.54, 1.807) is 11.3 Å². The summed E-state index contributed by atoms with van der Waals surface area (Å²) in [5.74, 6) is 1.58. The van der Waals surface area contributed by atoms with Crippen LogP contribution in [0.5, 0.6) is 0 Å². The minimum absolute atomic E-state index is 0.216. The fourth-order valence-electron chi connectivity index (χ4n) is 2.63. The molecule has 2 atom stereocenters. The van der Waals surface area contributed by atoms with Crippen LogP contribution in [0.4, 0.5) is 0 Å². The minimum Gasteiger partial charge on any atom is -0.338 e. The van der Waals surface area contributed by atoms with Crippen molar-refractivity contribution >= 4 is 39.8 Å². The Morgan fingerprint density at radius 1 is 1.44 bits per heavy atom. The molecule has 2 aliphatic heterocycles. The van der Waals surface area contributed by atoms with Crippen molar-refractivity contribution in [3.63, 3.8) is 0 Å². The molecule has 3 rings (SSSR count). The molecule has 86 valence electrons. The van der Waals surface area contributed by atoms with Crippen LogP contribution in [0, 0.1) is 14.7 Å². The first-order valence-corrected chi connectivity index (χ1v) is 7.44. The zero-order valence-corrected chi connectivity index (χ0v) is 11.8. The van der Waals surface area contributed by atoms with Crippen molar-refractivity contribution in [2.45, 2.75) is 0 Å². The maximum absolute atomic E-state index is 12.2. The second kappa shape index (κ2) is 4.27. The van der Waals surface area contributed by atoms with Gasteiger partial charge in [0, 0.05) is 31.6 Å². The van der Waals surface area contributed by atoms with E-state index in [0.717, 1.165) is 31.7 Å². The number of amides is 1. The number of hydrogen-bond donors (Lipinski definition) is 1. The minimum atomic E-state index is 0.216. The van der Waals surface area contributed by atoms with Crippen molar-refractivity contribution < 1.29 is 4.79 Å². The van der Waals surface area contributed by atoms with Gasteiger partial charge in [-0.25, -0.2) is 0 Å². The molecule has 3 nitrogen and oxygen atoms in total. The predicted molar refractivity (Wildman–Crippen MR) is 72.8 cm³/mol. The Hall–Kier alpha value is -0.140. The SMILES string of the molecule is O=C(c1csc(I)c1)N1C[C@H]2CNC[C@H]2C1. The van der Waals surface area contributed by atoms with Crippen LogP contribution in [0.25, 0.3) is 0 Å². The van der Waals surface area contributed by atoms with E-state index in [0.29, 0.717) is 11.8 Å². The summed E-state index contributed by atoms with van der Waals surface area (Å²) in [5, 5.41) is 5.36. The van der Waals surface area contributed by atoms with Crippen LogP contribution >= 0.6 is 33.9 Å². The van der Waals surface area contributed by atoms with Crippen molar-refractivity contribution in [2.75, 3.05) is 26.2 Å². The van der Waals surface area contributed by atoms with Crippen LogP contribution in [0.3, 0.4) is 0 Å². The topological polar surface area (TPSA) is 32.3 Å². The Balaban J connectivity index is 1.73. The molecule has 1 N–H and O–H groups in total. The fourth-order valence-corrected chi connectivity index (χ4v) is 3.95. The fraction of sp³-hybridized carbons (Fsp3) is 0.545. The van der Waals surface area contributed by atoms with Crippen LogP contribution in [0.15, 0.2) is 11.4 Å². The third-order valence-electron chi connectivity index (χ3n) is 3.49. The van der Waals surface area contributed by atoms with Crippen molar-refractivity contribution in [3.8, 4) is 0 Å². The summed E-state index contributed by atoms with van der Waals surface area (Å²) in [5.41, 5.74) is 0.863. The van der Waals surface area contributed by atoms with Crippen LogP contribution in [-0.4, -0.2) is 37.0 Å². The molecule has 5 heteroatoms. The summed E-state index contributed by atoms with van der Waals surface area (Å²) in [4.78, 5) is 14.2. The molecule has 2 aliphatic rings. The van der Waals surface area contributed by atoms with Gasteiger partial charge in [-0.3, -0.25) is 4.79 Å². The number of hydrogen-bond acceptors (Lipinski definition) is 3. The Labute approximate surface area is 112 Å². The maximum atomic E-state index is 12.2. The molecule has 0 saturated carbocycles. The monoisotopic (exact) mass is 348 g/mol. The van der Waals surface area contributed by atoms with Gasteiger partial charge in [-0.05, 0) is 40.5 Å². The van der Waals surface area contributed by atoms with E-state index < -0.39 is 0 Å². The van der Waals surface area contributed by atoms with Crippen LogP contribution < -0.4 is 5.32 Å². The van der Waals surface area contributed by atoms with Crippen LogP contribution in [-0.2, 0) is 0 Å². The first-order chi connectivity index (χ1) is 7.74. The number of nitrogens with zero attached hydrogens (tertiary/aromatic N) is 1. The lowest BCUT2D eigenvalue weighted by Gasteiger charge is -2.16. The van der Waals surface area contributed by atoms with Crippen LogP contribution in [0.2, 0.25) is 0 Å². The summed E-state index contributed by atoms with van der Waals surface area (Å²) in [7, 11) is 0. The van der Waals surface area contributed by atoms with Gasteiger partial charge in [0.1, 0.15) is 0 Å². The lowest BCUT2D eigenvalue weighted by Crippen LogP contribution is -2.31. The smallest absolute Gasteiger partial charge is 0.254 e. The average Bonchev–Trinajstić information content (AvgIpc) is 2.89. The van der Waals surface area contributed by atoms with E-state index >= 15 is 0 Å². The molecule has 2 fully saturated rings. The second-order valence-corrected chi connectivity index (χ2v) is 7.33. The van der Waals surface area contributed by atoms with E-state index in [4.69, 9.17) is 0 Å². The van der Waals surface area contributed by atoms with E-state index in [-0.39, 0.29) is 5.91 Å². The molecule has 1 amide bonds. The number of fused-ring (bicyclic) bond motifs is 1. The number of rotatable bonds is 1. The zero-order valence-electron chi connectivity index (χ0n) is 8.78. The molecule has 0 aromatic carbocycles. The van der Waals surface area contributed by atoms with E-state index in [1.165, 1.54) is 2.88 Å². The van der Waals surface area contributed by atoms with Gasteiger partial charge in [-0.2, -0.15) is 0 Å². The quantitative estimate of drug-likeness (QED) is 0.783. The molecule has 3 heterocycles. The summed E-state index contributed by atoms with van der Waals surface area (Å²) in [6.07, 6.45) is 0. The van der Waals surface area contributed by atoms with Gasteiger partial charge in [0.25, 0.3) is 5.91 Å². The molecule has 0 radical (unpaired) electrons. The average molecular weight is 348 g/mol. The molecule has 0 bridgehead atoms. The first kappa shape index (κ1) is 11.0. The molecular weight excluding hydrogens is 335 g/mol. The highest BCUT2D eigenvalue weighted by Crippen LogP contribution is 2.28. The Kier molecular flexibility index (Phi) is 2.93. The Morgan fingerprint density at radius 2 is 2.12 bits per heavy atom. The van der Waals surface area contributed by atoms with Gasteiger partial charge in [-0.15, -0.1) is 11.3 Å². The van der Waals surface area contributed by atoms with Crippen molar-refractivity contribution in [3.05, 3.63) is 19.9 Å². The highest BCUT2D eigenvalue weighted by Gasteiger charge is 2.38. The molecule has 1 aromatic rings. The Bertz CT molecular complexity index is 408. The summed E-state index contributed by atoms with van der Waals surface area (Å²) in [6.45, 7) is 4.02. The van der Waals surface area contributed by atoms with Gasteiger partial charge < -0.3 is 10.2 Å². The van der Waals surface area contributed by atoms with E-state index in [9.17, 15) is 4.79 Å². The van der Waals surface area contributed by atoms with Gasteiger partial charge in [-0.1, -0.05) is 0 Å². The number of thiophene rings is 1. The zero-order chi connectivity index (χ0) is 11.1. The van der Waals surface area contributed by atoms with Crippen molar-refractivity contribution in [1.29, 1.82) is 0 Å². The first-order valence-electron chi connectivity index (χ1n) is 5.48. The van der Waals surface area contributed by atoms with E-state index in [1.807, 2.05) is 16.3 Å². The van der Waals surface area contributed by atoms with Crippen molar-refractivity contribution in [2.24, 2.45) is 11.8 Å². The standard InChI is InChI=1S/C11H13IN2OS/c12-10-1-7(6-16-10)11(15)14-4-8-2-13-3-9(8)5-14/h1,6,8-9,13H,2-5H2/t8-,9+. The molecule has 2 saturated heterocycles. The molecule has 16 heavy (non-hydrogen) atoms. The lowest BCUT2D eigenvalue weighted by molar-refractivity contribution is 0.0782. The molecule has 1 aromatic heterocycles. The summed E-state index contributed by atoms with van der Waals surface area (Å²) < 4.78 is 1.18. The third kappa shape index (κ3) is 1.89. The van der Waals surface area contributed by atoms with Gasteiger partial charge >= 0.3 is 0 Å². The lowest BCUT2D eigenvalue weighted by atomic mass is 10.0. The summed E-state index contributed by atoms with van der Waals surface area (Å²) in [6, 6.07) is 1.99. The number of carbonyl (C=O) groups excluding carboxylic acids is 1. The maximum Gasteiger partial charge on any atom is 0.254 e. The second-order valence-electron chi connectivity index (χ2n) is 4.53.